The lowest BCUT2D eigenvalue weighted by atomic mass is 9.96. The number of hydrogen-bond donors (Lipinski definition) is 1. The van der Waals surface area contributed by atoms with Crippen molar-refractivity contribution in [3.8, 4) is 0 Å². The van der Waals surface area contributed by atoms with Crippen molar-refractivity contribution in [1.82, 2.24) is 20.1 Å². The molecule has 35 heavy (non-hydrogen) atoms. The molecule has 0 atom stereocenters. The molecule has 0 unspecified atom stereocenters. The molecule has 1 aromatic heterocycles. The first kappa shape index (κ1) is 24.0. The molecule has 0 saturated carbocycles. The Morgan fingerprint density at radius 1 is 1.11 bits per heavy atom. The Bertz CT molecular complexity index is 1160. The van der Waals surface area contributed by atoms with Gasteiger partial charge in [-0.1, -0.05) is 0 Å². The fourth-order valence-electron chi connectivity index (χ4n) is 4.36. The van der Waals surface area contributed by atoms with E-state index in [1.54, 1.807) is 23.2 Å². The average molecular weight is 479 g/mol. The highest BCUT2D eigenvalue weighted by molar-refractivity contribution is 6.21. The molecule has 0 aliphatic carbocycles. The number of nitrogens with one attached hydrogen (secondary N) is 1. The van der Waals surface area contributed by atoms with Crippen molar-refractivity contribution in [2.45, 2.75) is 25.7 Å². The van der Waals surface area contributed by atoms with Crippen LogP contribution in [0, 0.1) is 16.0 Å². The number of non-ortho nitro benzene ring substituents is 1. The van der Waals surface area contributed by atoms with Crippen LogP contribution in [0.15, 0.2) is 42.7 Å². The van der Waals surface area contributed by atoms with Crippen LogP contribution in [0.2, 0.25) is 0 Å². The van der Waals surface area contributed by atoms with E-state index >= 15 is 0 Å². The molecule has 1 saturated heterocycles. The van der Waals surface area contributed by atoms with Crippen LogP contribution in [-0.2, 0) is 4.79 Å². The van der Waals surface area contributed by atoms with Gasteiger partial charge < -0.3 is 10.2 Å². The van der Waals surface area contributed by atoms with Gasteiger partial charge in [-0.3, -0.25) is 39.2 Å². The Morgan fingerprint density at radius 2 is 1.86 bits per heavy atom. The van der Waals surface area contributed by atoms with E-state index in [1.807, 2.05) is 0 Å². The number of imide groups is 1. The molecule has 1 N–H and O–H groups in total. The molecule has 1 fully saturated rings. The summed E-state index contributed by atoms with van der Waals surface area (Å²) in [5, 5.41) is 13.9. The van der Waals surface area contributed by atoms with Gasteiger partial charge in [0.15, 0.2) is 0 Å². The fraction of sp³-hybridized carbons (Fsp3) is 0.375. The zero-order valence-electron chi connectivity index (χ0n) is 19.0. The maximum Gasteiger partial charge on any atom is 0.270 e. The molecule has 0 spiro atoms. The zero-order valence-corrected chi connectivity index (χ0v) is 19.0. The SMILES string of the molecule is O=C(NCC1CCN(C(=O)CCCN2C(=O)c3ccc([N+](=O)[O-])cc3C2=O)CC1)c1cccnc1. The van der Waals surface area contributed by atoms with Crippen LogP contribution in [0.1, 0.15) is 56.8 Å². The van der Waals surface area contributed by atoms with E-state index in [0.29, 0.717) is 31.6 Å². The van der Waals surface area contributed by atoms with E-state index < -0.39 is 16.7 Å². The predicted molar refractivity (Wildman–Crippen MR) is 124 cm³/mol. The number of hydrogen-bond acceptors (Lipinski definition) is 7. The van der Waals surface area contributed by atoms with Gasteiger partial charge in [-0.15, -0.1) is 0 Å². The number of piperidine rings is 1. The second-order valence-corrected chi connectivity index (χ2v) is 8.63. The summed E-state index contributed by atoms with van der Waals surface area (Å²) in [5.74, 6) is -1.01. The Labute approximate surface area is 201 Å². The van der Waals surface area contributed by atoms with E-state index in [-0.39, 0.29) is 47.5 Å². The summed E-state index contributed by atoms with van der Waals surface area (Å²) in [6, 6.07) is 7.02. The molecule has 3 heterocycles. The van der Waals surface area contributed by atoms with Crippen molar-refractivity contribution in [3.05, 3.63) is 69.5 Å². The van der Waals surface area contributed by atoms with Crippen LogP contribution in [-0.4, -0.2) is 69.5 Å². The minimum Gasteiger partial charge on any atom is -0.352 e. The normalized spacial score (nSPS) is 15.8. The smallest absolute Gasteiger partial charge is 0.270 e. The van der Waals surface area contributed by atoms with Gasteiger partial charge in [-0.2, -0.15) is 0 Å². The van der Waals surface area contributed by atoms with Crippen molar-refractivity contribution in [2.24, 2.45) is 5.92 Å². The molecule has 11 heteroatoms. The Hall–Kier alpha value is -4.15. The largest absolute Gasteiger partial charge is 0.352 e. The molecular formula is C24H25N5O6. The van der Waals surface area contributed by atoms with Crippen molar-refractivity contribution in [2.75, 3.05) is 26.2 Å². The zero-order chi connectivity index (χ0) is 24.9. The summed E-state index contributed by atoms with van der Waals surface area (Å²) in [6.45, 7) is 1.78. The molecule has 182 valence electrons. The quantitative estimate of drug-likeness (QED) is 0.347. The molecule has 4 amide bonds. The van der Waals surface area contributed by atoms with Gasteiger partial charge in [-0.25, -0.2) is 0 Å². The third-order valence-corrected chi connectivity index (χ3v) is 6.38. The van der Waals surface area contributed by atoms with Crippen molar-refractivity contribution >= 4 is 29.3 Å². The first-order valence-electron chi connectivity index (χ1n) is 11.5. The number of fused-ring (bicyclic) bond motifs is 1. The lowest BCUT2D eigenvalue weighted by Crippen LogP contribution is -2.41. The highest BCUT2D eigenvalue weighted by atomic mass is 16.6. The second-order valence-electron chi connectivity index (χ2n) is 8.63. The van der Waals surface area contributed by atoms with Crippen LogP contribution in [0.25, 0.3) is 0 Å². The summed E-state index contributed by atoms with van der Waals surface area (Å²) in [6.07, 6.45) is 5.18. The Kier molecular flexibility index (Phi) is 7.14. The highest BCUT2D eigenvalue weighted by Crippen LogP contribution is 2.27. The van der Waals surface area contributed by atoms with Crippen LogP contribution in [0.5, 0.6) is 0 Å². The second kappa shape index (κ2) is 10.4. The van der Waals surface area contributed by atoms with Gasteiger partial charge in [-0.05, 0) is 43.4 Å². The minimum atomic E-state index is -0.614. The lowest BCUT2D eigenvalue weighted by molar-refractivity contribution is -0.384. The van der Waals surface area contributed by atoms with E-state index in [4.69, 9.17) is 0 Å². The molecule has 4 rings (SSSR count). The summed E-state index contributed by atoms with van der Waals surface area (Å²) in [4.78, 5) is 66.9. The van der Waals surface area contributed by atoms with Crippen LogP contribution in [0.3, 0.4) is 0 Å². The number of aromatic nitrogens is 1. The van der Waals surface area contributed by atoms with E-state index in [0.717, 1.165) is 23.8 Å². The molecule has 0 bridgehead atoms. The Balaban J connectivity index is 1.19. The maximum atomic E-state index is 12.6. The maximum absolute atomic E-state index is 12.6. The number of likely N-dealkylation sites (tertiary alicyclic amines) is 1. The third kappa shape index (κ3) is 5.34. The number of nitrogens with zero attached hydrogens (tertiary/aromatic N) is 4. The summed E-state index contributed by atoms with van der Waals surface area (Å²) < 4.78 is 0. The van der Waals surface area contributed by atoms with E-state index in [9.17, 15) is 29.3 Å². The van der Waals surface area contributed by atoms with Crippen molar-refractivity contribution < 1.29 is 24.1 Å². The number of nitro benzene ring substituents is 1. The molecule has 0 radical (unpaired) electrons. The molecule has 2 aromatic rings. The number of nitro groups is 1. The number of pyridine rings is 1. The molecule has 2 aliphatic rings. The molecular weight excluding hydrogens is 454 g/mol. The van der Waals surface area contributed by atoms with Crippen molar-refractivity contribution in [1.29, 1.82) is 0 Å². The lowest BCUT2D eigenvalue weighted by Gasteiger charge is -2.32. The minimum absolute atomic E-state index is 0.0215. The monoisotopic (exact) mass is 479 g/mol. The average Bonchev–Trinajstić information content (AvgIpc) is 3.12. The van der Waals surface area contributed by atoms with E-state index in [1.165, 1.54) is 18.3 Å². The van der Waals surface area contributed by atoms with Gasteiger partial charge in [0.2, 0.25) is 5.91 Å². The van der Waals surface area contributed by atoms with Gasteiger partial charge in [0.1, 0.15) is 0 Å². The number of amides is 4. The number of carbonyl (C=O) groups is 4. The number of carbonyl (C=O) groups excluding carboxylic acids is 4. The summed E-state index contributed by atoms with van der Waals surface area (Å²) in [7, 11) is 0. The van der Waals surface area contributed by atoms with Crippen molar-refractivity contribution in [3.63, 3.8) is 0 Å². The van der Waals surface area contributed by atoms with Crippen LogP contribution >= 0.6 is 0 Å². The topological polar surface area (TPSA) is 143 Å². The fourth-order valence-corrected chi connectivity index (χ4v) is 4.36. The molecule has 11 nitrogen and oxygen atoms in total. The van der Waals surface area contributed by atoms with E-state index in [2.05, 4.69) is 10.3 Å². The van der Waals surface area contributed by atoms with Gasteiger partial charge in [0, 0.05) is 57.1 Å². The highest BCUT2D eigenvalue weighted by Gasteiger charge is 2.36. The summed E-state index contributed by atoms with van der Waals surface area (Å²) in [5.41, 5.74) is 0.427. The van der Waals surface area contributed by atoms with Gasteiger partial charge in [0.05, 0.1) is 21.6 Å². The Morgan fingerprint density at radius 3 is 2.54 bits per heavy atom. The molecule has 1 aromatic carbocycles. The predicted octanol–water partition coefficient (Wildman–Crippen LogP) is 2.03. The van der Waals surface area contributed by atoms with Crippen LogP contribution < -0.4 is 5.32 Å². The van der Waals surface area contributed by atoms with Gasteiger partial charge >= 0.3 is 0 Å². The van der Waals surface area contributed by atoms with Crippen LogP contribution in [0.4, 0.5) is 5.69 Å². The first-order chi connectivity index (χ1) is 16.8. The summed E-state index contributed by atoms with van der Waals surface area (Å²) >= 11 is 0. The van der Waals surface area contributed by atoms with Gasteiger partial charge in [0.25, 0.3) is 23.4 Å². The number of rotatable bonds is 8. The molecule has 2 aliphatic heterocycles. The standard InChI is InChI=1S/C24H25N5O6/c30-21(27-11-7-16(8-12-27)14-26-22(31)17-3-1-9-25-15-17)4-2-10-28-23(32)19-6-5-18(29(34)35)13-20(19)24(28)33/h1,3,5-6,9,13,15-16H,2,4,7-8,10-12,14H2,(H,26,31). The first-order valence-corrected chi connectivity index (χ1v) is 11.5. The third-order valence-electron chi connectivity index (χ3n) is 6.38. The number of benzene rings is 1.